The summed E-state index contributed by atoms with van der Waals surface area (Å²) >= 11 is 0. The molecule has 0 unspecified atom stereocenters. The van der Waals surface area contributed by atoms with Crippen LogP contribution in [0.25, 0.3) is 0 Å². The number of hydrazine groups is 1. The Morgan fingerprint density at radius 1 is 1.08 bits per heavy atom. The topological polar surface area (TPSA) is 141 Å². The third-order valence-electron chi connectivity index (χ3n) is 3.08. The van der Waals surface area contributed by atoms with E-state index in [1.54, 1.807) is 0 Å². The normalized spacial score (nSPS) is 11.2. The van der Waals surface area contributed by atoms with Crippen LogP contribution >= 0.6 is 0 Å². The molecular weight excluding hydrogens is 350 g/mol. The van der Waals surface area contributed by atoms with Crippen LogP contribution in [0.5, 0.6) is 0 Å². The van der Waals surface area contributed by atoms with Crippen LogP contribution < -0.4 is 16.4 Å². The first-order chi connectivity index (χ1) is 11.7. The van der Waals surface area contributed by atoms with Gasteiger partial charge in [0.1, 0.15) is 0 Å². The monoisotopic (exact) mass is 365 g/mol. The number of hydrogen-bond donors (Lipinski definition) is 3. The highest BCUT2D eigenvalue weighted by Crippen LogP contribution is 2.14. The highest BCUT2D eigenvalue weighted by molar-refractivity contribution is 7.89. The van der Waals surface area contributed by atoms with Gasteiger partial charge in [0.2, 0.25) is 10.0 Å². The molecule has 2 rings (SSSR count). The Kier molecular flexibility index (Phi) is 5.29. The molecule has 0 saturated carbocycles. The van der Waals surface area contributed by atoms with Gasteiger partial charge in [0, 0.05) is 25.7 Å². The first-order valence-corrected chi connectivity index (χ1v) is 8.35. The average molecular weight is 365 g/mol. The second-order valence-electron chi connectivity index (χ2n) is 5.03. The zero-order valence-electron chi connectivity index (χ0n) is 13.3. The molecular formula is C14H15N5O5S. The maximum Gasteiger partial charge on any atom is 0.290 e. The number of H-pyrrole nitrogens is 1. The largest absolute Gasteiger partial charge is 0.290 e. The number of aromatic nitrogens is 2. The first kappa shape index (κ1) is 18.3. The smallest absolute Gasteiger partial charge is 0.268 e. The molecule has 0 aliphatic carbocycles. The van der Waals surface area contributed by atoms with Crippen molar-refractivity contribution in [3.63, 3.8) is 0 Å². The van der Waals surface area contributed by atoms with Crippen molar-refractivity contribution in [1.29, 1.82) is 0 Å². The Hall–Kier alpha value is -3.05. The van der Waals surface area contributed by atoms with Crippen LogP contribution in [-0.2, 0) is 10.0 Å². The van der Waals surface area contributed by atoms with Crippen LogP contribution in [0.15, 0.2) is 46.1 Å². The van der Waals surface area contributed by atoms with Gasteiger partial charge in [-0.05, 0) is 24.3 Å². The summed E-state index contributed by atoms with van der Waals surface area (Å²) in [6.45, 7) is 0. The van der Waals surface area contributed by atoms with Gasteiger partial charge in [0.15, 0.2) is 5.69 Å². The molecule has 1 heterocycles. The van der Waals surface area contributed by atoms with Gasteiger partial charge in [-0.3, -0.25) is 25.2 Å². The van der Waals surface area contributed by atoms with Crippen LogP contribution in [0.1, 0.15) is 20.8 Å². The van der Waals surface area contributed by atoms with Crippen molar-refractivity contribution in [1.82, 2.24) is 25.4 Å². The van der Waals surface area contributed by atoms with Crippen LogP contribution in [0.4, 0.5) is 0 Å². The molecule has 1 aromatic carbocycles. The van der Waals surface area contributed by atoms with Gasteiger partial charge >= 0.3 is 0 Å². The summed E-state index contributed by atoms with van der Waals surface area (Å²) in [6, 6.07) is 7.65. The Morgan fingerprint density at radius 2 is 1.76 bits per heavy atom. The fourth-order valence-electron chi connectivity index (χ4n) is 1.73. The number of nitrogens with one attached hydrogen (secondary N) is 3. The van der Waals surface area contributed by atoms with Crippen molar-refractivity contribution >= 4 is 21.8 Å². The number of nitrogens with zero attached hydrogens (tertiary/aromatic N) is 2. The van der Waals surface area contributed by atoms with Gasteiger partial charge in [-0.25, -0.2) is 17.8 Å². The second-order valence-corrected chi connectivity index (χ2v) is 7.18. The lowest BCUT2D eigenvalue weighted by Gasteiger charge is -2.12. The molecule has 0 aliphatic heterocycles. The summed E-state index contributed by atoms with van der Waals surface area (Å²) in [5.74, 6) is -1.46. The Morgan fingerprint density at radius 3 is 2.36 bits per heavy atom. The average Bonchev–Trinajstić information content (AvgIpc) is 2.60. The van der Waals surface area contributed by atoms with E-state index in [9.17, 15) is 22.8 Å². The molecule has 25 heavy (non-hydrogen) atoms. The van der Waals surface area contributed by atoms with E-state index in [2.05, 4.69) is 21.0 Å². The number of sulfonamides is 1. The molecule has 10 nitrogen and oxygen atoms in total. The van der Waals surface area contributed by atoms with Crippen LogP contribution in [0, 0.1) is 0 Å². The maximum atomic E-state index is 12.1. The van der Waals surface area contributed by atoms with E-state index < -0.39 is 27.4 Å². The van der Waals surface area contributed by atoms with Crippen molar-refractivity contribution in [2.75, 3.05) is 14.1 Å². The van der Waals surface area contributed by atoms with Gasteiger partial charge in [-0.1, -0.05) is 6.07 Å². The van der Waals surface area contributed by atoms with Gasteiger partial charge < -0.3 is 0 Å². The zero-order chi connectivity index (χ0) is 18.6. The number of carbonyl (C=O) groups is 2. The molecule has 0 aliphatic rings. The summed E-state index contributed by atoms with van der Waals surface area (Å²) in [5.41, 5.74) is 3.71. The van der Waals surface area contributed by atoms with Crippen molar-refractivity contribution in [2.24, 2.45) is 0 Å². The Labute approximate surface area is 142 Å². The zero-order valence-corrected chi connectivity index (χ0v) is 14.1. The molecule has 11 heteroatoms. The van der Waals surface area contributed by atoms with Crippen molar-refractivity contribution < 1.29 is 18.0 Å². The molecule has 2 amide bonds. The van der Waals surface area contributed by atoms with Crippen molar-refractivity contribution in [3.8, 4) is 0 Å². The number of benzene rings is 1. The molecule has 0 bridgehead atoms. The minimum absolute atomic E-state index is 0.0395. The molecule has 0 spiro atoms. The predicted molar refractivity (Wildman–Crippen MR) is 87.1 cm³/mol. The van der Waals surface area contributed by atoms with E-state index in [0.717, 1.165) is 10.4 Å². The van der Waals surface area contributed by atoms with Crippen molar-refractivity contribution in [3.05, 3.63) is 58.0 Å². The minimum atomic E-state index is -3.69. The molecule has 0 saturated heterocycles. The van der Waals surface area contributed by atoms with E-state index in [4.69, 9.17) is 0 Å². The van der Waals surface area contributed by atoms with E-state index in [-0.39, 0.29) is 16.2 Å². The second kappa shape index (κ2) is 7.23. The maximum absolute atomic E-state index is 12.1. The van der Waals surface area contributed by atoms with Crippen LogP contribution in [0.3, 0.4) is 0 Å². The number of rotatable bonds is 4. The first-order valence-electron chi connectivity index (χ1n) is 6.91. The molecule has 0 atom stereocenters. The highest BCUT2D eigenvalue weighted by Gasteiger charge is 2.19. The molecule has 1 aromatic heterocycles. The summed E-state index contributed by atoms with van der Waals surface area (Å²) < 4.78 is 25.2. The molecule has 132 valence electrons. The van der Waals surface area contributed by atoms with Gasteiger partial charge in [0.05, 0.1) is 4.90 Å². The van der Waals surface area contributed by atoms with E-state index >= 15 is 0 Å². The van der Waals surface area contributed by atoms with E-state index in [1.807, 2.05) is 0 Å². The third kappa shape index (κ3) is 4.28. The summed E-state index contributed by atoms with van der Waals surface area (Å²) in [6.07, 6.45) is 0. The standard InChI is InChI=1S/C14H15N5O5S/c1-19(2)25(23,24)10-5-3-4-9(8-10)13(21)17-18-14(22)11-6-7-12(20)16-15-11/h3-8H,1-2H3,(H,16,20)(H,17,21)(H,18,22). The fourth-order valence-corrected chi connectivity index (χ4v) is 2.68. The Bertz CT molecular complexity index is 947. The lowest BCUT2D eigenvalue weighted by Crippen LogP contribution is -2.42. The van der Waals surface area contributed by atoms with Crippen LogP contribution in [0.2, 0.25) is 0 Å². The van der Waals surface area contributed by atoms with Crippen molar-refractivity contribution in [2.45, 2.75) is 4.90 Å². The van der Waals surface area contributed by atoms with Gasteiger partial charge in [-0.15, -0.1) is 0 Å². The third-order valence-corrected chi connectivity index (χ3v) is 4.89. The van der Waals surface area contributed by atoms with Crippen LogP contribution in [-0.4, -0.2) is 48.8 Å². The van der Waals surface area contributed by atoms with Gasteiger partial charge in [-0.2, -0.15) is 5.10 Å². The number of aromatic amines is 1. The molecule has 0 radical (unpaired) electrons. The minimum Gasteiger partial charge on any atom is -0.268 e. The molecule has 2 aromatic rings. The number of amides is 2. The molecule has 0 fully saturated rings. The molecule has 3 N–H and O–H groups in total. The summed E-state index contributed by atoms with van der Waals surface area (Å²) in [5, 5.41) is 5.59. The number of hydrogen-bond acceptors (Lipinski definition) is 6. The summed E-state index contributed by atoms with van der Waals surface area (Å²) in [7, 11) is -0.940. The summed E-state index contributed by atoms with van der Waals surface area (Å²) in [4.78, 5) is 34.7. The quantitative estimate of drug-likeness (QED) is 0.599. The Balaban J connectivity index is 2.10. The van der Waals surface area contributed by atoms with E-state index in [1.165, 1.54) is 44.4 Å². The lowest BCUT2D eigenvalue weighted by molar-refractivity contribution is 0.0843. The number of carbonyl (C=O) groups excluding carboxylic acids is 2. The predicted octanol–water partition coefficient (Wildman–Crippen LogP) is -0.905. The van der Waals surface area contributed by atoms with E-state index in [0.29, 0.717) is 0 Å². The SMILES string of the molecule is CN(C)S(=O)(=O)c1cccc(C(=O)NNC(=O)c2ccc(=O)[nH]n2)c1. The lowest BCUT2D eigenvalue weighted by atomic mass is 10.2. The highest BCUT2D eigenvalue weighted by atomic mass is 32.2. The fraction of sp³-hybridized carbons (Fsp3) is 0.143. The van der Waals surface area contributed by atoms with Gasteiger partial charge in [0.25, 0.3) is 17.4 Å².